The minimum atomic E-state index is -0.472. The topological polar surface area (TPSA) is 69.4 Å². The largest absolute Gasteiger partial charge is 0.458 e. The number of carbonyl (C=O) groups excluding carboxylic acids is 1. The van der Waals surface area contributed by atoms with Crippen LogP contribution in [0.1, 0.15) is 25.5 Å². The summed E-state index contributed by atoms with van der Waals surface area (Å²) in [4.78, 5) is 20.6. The Morgan fingerprint density at radius 2 is 1.93 bits per heavy atom. The number of nitrogens with zero attached hydrogens (tertiary/aromatic N) is 1. The summed E-state index contributed by atoms with van der Waals surface area (Å²) >= 11 is 0. The van der Waals surface area contributed by atoms with E-state index in [9.17, 15) is 14.9 Å². The fourth-order valence-electron chi connectivity index (χ4n) is 1.18. The van der Waals surface area contributed by atoms with E-state index in [4.69, 9.17) is 4.74 Å². The molecule has 0 aromatic heterocycles. The van der Waals surface area contributed by atoms with Crippen molar-refractivity contribution in [3.63, 3.8) is 0 Å². The first-order valence-corrected chi connectivity index (χ1v) is 4.42. The zero-order chi connectivity index (χ0) is 11.4. The number of hydrogen-bond acceptors (Lipinski definition) is 4. The number of ether oxygens (including phenoxy) is 1. The van der Waals surface area contributed by atoms with Crippen LogP contribution in [-0.2, 0) is 9.53 Å². The van der Waals surface area contributed by atoms with E-state index >= 15 is 0 Å². The average Bonchev–Trinajstić information content (AvgIpc) is 2.17. The molecule has 0 saturated heterocycles. The third kappa shape index (κ3) is 3.05. The lowest BCUT2D eigenvalue weighted by Crippen LogP contribution is -2.04. The van der Waals surface area contributed by atoms with Gasteiger partial charge in [-0.2, -0.15) is 0 Å². The van der Waals surface area contributed by atoms with Gasteiger partial charge in [-0.3, -0.25) is 14.9 Å². The molecule has 0 unspecified atom stereocenters. The molecule has 0 bridgehead atoms. The minimum absolute atomic E-state index is 0.0220. The number of hydrogen-bond donors (Lipinski definition) is 0. The molecular formula is C10H11NO4. The van der Waals surface area contributed by atoms with Crippen LogP contribution < -0.4 is 0 Å². The number of nitro groups is 1. The second kappa shape index (κ2) is 4.54. The fraction of sp³-hybridized carbons (Fsp3) is 0.300. The molecule has 0 saturated carbocycles. The Bertz CT molecular complexity index is 372. The SMILES string of the molecule is CC(=O)O[C@@H](C)c1ccc([N+](=O)[O-])cc1. The van der Waals surface area contributed by atoms with Gasteiger partial charge in [0.2, 0.25) is 0 Å². The van der Waals surface area contributed by atoms with Gasteiger partial charge in [0.05, 0.1) is 4.92 Å². The first-order valence-electron chi connectivity index (χ1n) is 4.42. The highest BCUT2D eigenvalue weighted by atomic mass is 16.6. The van der Waals surface area contributed by atoms with Gasteiger partial charge in [0.15, 0.2) is 0 Å². The number of nitro benzene ring substituents is 1. The van der Waals surface area contributed by atoms with Crippen molar-refractivity contribution in [2.75, 3.05) is 0 Å². The van der Waals surface area contributed by atoms with Crippen LogP contribution in [-0.4, -0.2) is 10.9 Å². The molecule has 0 heterocycles. The molecule has 1 atom stereocenters. The molecule has 0 N–H and O–H groups in total. The van der Waals surface area contributed by atoms with Crippen molar-refractivity contribution >= 4 is 11.7 Å². The van der Waals surface area contributed by atoms with Crippen LogP contribution in [0.15, 0.2) is 24.3 Å². The monoisotopic (exact) mass is 209 g/mol. The first-order chi connectivity index (χ1) is 7.00. The quantitative estimate of drug-likeness (QED) is 0.434. The minimum Gasteiger partial charge on any atom is -0.458 e. The Hall–Kier alpha value is -1.91. The summed E-state index contributed by atoms with van der Waals surface area (Å²) in [5, 5.41) is 10.4. The predicted molar refractivity (Wildman–Crippen MR) is 53.3 cm³/mol. The summed E-state index contributed by atoms with van der Waals surface area (Å²) in [6.07, 6.45) is -0.386. The molecule has 80 valence electrons. The standard InChI is InChI=1S/C10H11NO4/c1-7(15-8(2)12)9-3-5-10(6-4-9)11(13)14/h3-7H,1-2H3/t7-/m0/s1. The molecule has 5 nitrogen and oxygen atoms in total. The Morgan fingerprint density at radius 3 is 2.33 bits per heavy atom. The van der Waals surface area contributed by atoms with Crippen molar-refractivity contribution in [1.29, 1.82) is 0 Å². The molecule has 1 aromatic rings. The molecular weight excluding hydrogens is 198 g/mol. The lowest BCUT2D eigenvalue weighted by atomic mass is 10.1. The van der Waals surface area contributed by atoms with E-state index in [1.807, 2.05) is 0 Å². The Balaban J connectivity index is 2.79. The van der Waals surface area contributed by atoms with Crippen molar-refractivity contribution in [3.8, 4) is 0 Å². The molecule has 0 spiro atoms. The van der Waals surface area contributed by atoms with Crippen molar-refractivity contribution in [3.05, 3.63) is 39.9 Å². The van der Waals surface area contributed by atoms with Crippen molar-refractivity contribution in [1.82, 2.24) is 0 Å². The highest BCUT2D eigenvalue weighted by molar-refractivity contribution is 5.66. The lowest BCUT2D eigenvalue weighted by molar-refractivity contribution is -0.384. The summed E-state index contributed by atoms with van der Waals surface area (Å²) in [5.41, 5.74) is 0.754. The number of carbonyl (C=O) groups is 1. The Morgan fingerprint density at radius 1 is 1.40 bits per heavy atom. The number of non-ortho nitro benzene ring substituents is 1. The van der Waals surface area contributed by atoms with E-state index in [-0.39, 0.29) is 17.8 Å². The van der Waals surface area contributed by atoms with Gasteiger partial charge in [-0.15, -0.1) is 0 Å². The second-order valence-corrected chi connectivity index (χ2v) is 3.10. The molecule has 0 aliphatic carbocycles. The number of benzene rings is 1. The van der Waals surface area contributed by atoms with E-state index in [0.717, 1.165) is 5.56 Å². The highest BCUT2D eigenvalue weighted by Crippen LogP contribution is 2.20. The van der Waals surface area contributed by atoms with Crippen molar-refractivity contribution in [2.24, 2.45) is 0 Å². The fourth-order valence-corrected chi connectivity index (χ4v) is 1.18. The zero-order valence-electron chi connectivity index (χ0n) is 8.47. The van der Waals surface area contributed by atoms with E-state index in [1.165, 1.54) is 19.1 Å². The van der Waals surface area contributed by atoms with Crippen LogP contribution >= 0.6 is 0 Å². The Kier molecular flexibility index (Phi) is 3.38. The Labute approximate surface area is 86.8 Å². The van der Waals surface area contributed by atoms with Gasteiger partial charge in [0, 0.05) is 19.1 Å². The normalized spacial score (nSPS) is 11.9. The van der Waals surface area contributed by atoms with E-state index in [0.29, 0.717) is 0 Å². The van der Waals surface area contributed by atoms with Crippen LogP contribution in [0.25, 0.3) is 0 Å². The smallest absolute Gasteiger partial charge is 0.303 e. The maximum absolute atomic E-state index is 10.7. The van der Waals surface area contributed by atoms with Crippen molar-refractivity contribution < 1.29 is 14.5 Å². The molecule has 15 heavy (non-hydrogen) atoms. The van der Waals surface area contributed by atoms with Crippen LogP contribution in [0.3, 0.4) is 0 Å². The lowest BCUT2D eigenvalue weighted by Gasteiger charge is -2.11. The molecule has 0 aliphatic rings. The zero-order valence-corrected chi connectivity index (χ0v) is 8.47. The van der Waals surface area contributed by atoms with Gasteiger partial charge in [0.25, 0.3) is 5.69 Å². The average molecular weight is 209 g/mol. The third-order valence-electron chi connectivity index (χ3n) is 1.92. The van der Waals surface area contributed by atoms with Crippen LogP contribution in [0.4, 0.5) is 5.69 Å². The van der Waals surface area contributed by atoms with Gasteiger partial charge < -0.3 is 4.74 Å². The predicted octanol–water partition coefficient (Wildman–Crippen LogP) is 2.22. The van der Waals surface area contributed by atoms with Gasteiger partial charge in [-0.1, -0.05) is 0 Å². The van der Waals surface area contributed by atoms with Gasteiger partial charge in [-0.05, 0) is 24.6 Å². The molecule has 0 fully saturated rings. The van der Waals surface area contributed by atoms with Crippen LogP contribution in [0.2, 0.25) is 0 Å². The summed E-state index contributed by atoms with van der Waals surface area (Å²) in [7, 11) is 0. The van der Waals surface area contributed by atoms with Crippen LogP contribution in [0.5, 0.6) is 0 Å². The highest BCUT2D eigenvalue weighted by Gasteiger charge is 2.10. The first kappa shape index (κ1) is 11.2. The summed E-state index contributed by atoms with van der Waals surface area (Å²) in [6, 6.07) is 5.92. The number of rotatable bonds is 3. The summed E-state index contributed by atoms with van der Waals surface area (Å²) in [6.45, 7) is 3.03. The molecule has 0 radical (unpaired) electrons. The van der Waals surface area contributed by atoms with E-state index in [1.54, 1.807) is 19.1 Å². The van der Waals surface area contributed by atoms with Crippen molar-refractivity contribution in [2.45, 2.75) is 20.0 Å². The van der Waals surface area contributed by atoms with Gasteiger partial charge in [-0.25, -0.2) is 0 Å². The van der Waals surface area contributed by atoms with Crippen LogP contribution in [0, 0.1) is 10.1 Å². The second-order valence-electron chi connectivity index (χ2n) is 3.10. The maximum Gasteiger partial charge on any atom is 0.303 e. The molecule has 0 aliphatic heterocycles. The molecule has 1 rings (SSSR count). The summed E-state index contributed by atoms with van der Waals surface area (Å²) in [5.74, 6) is -0.374. The number of esters is 1. The van der Waals surface area contributed by atoms with E-state index in [2.05, 4.69) is 0 Å². The maximum atomic E-state index is 10.7. The molecule has 1 aromatic carbocycles. The third-order valence-corrected chi connectivity index (χ3v) is 1.92. The molecule has 0 amide bonds. The molecule has 5 heteroatoms. The van der Waals surface area contributed by atoms with Gasteiger partial charge in [0.1, 0.15) is 6.10 Å². The van der Waals surface area contributed by atoms with E-state index < -0.39 is 4.92 Å². The van der Waals surface area contributed by atoms with Gasteiger partial charge >= 0.3 is 5.97 Å². The summed E-state index contributed by atoms with van der Waals surface area (Å²) < 4.78 is 4.93.